The van der Waals surface area contributed by atoms with Crippen LogP contribution in [0.2, 0.25) is 0 Å². The second-order valence-electron chi connectivity index (χ2n) is 7.07. The van der Waals surface area contributed by atoms with Gasteiger partial charge in [-0.05, 0) is 35.2 Å². The number of hydrogen-bond donors (Lipinski definition) is 1. The summed E-state index contributed by atoms with van der Waals surface area (Å²) >= 11 is 0. The Hall–Kier alpha value is -2.70. The monoisotopic (exact) mass is 393 g/mol. The molecule has 0 bridgehead atoms. The highest BCUT2D eigenvalue weighted by molar-refractivity contribution is 5.79. The number of nitrogens with one attached hydrogen (secondary N) is 1. The summed E-state index contributed by atoms with van der Waals surface area (Å²) in [7, 11) is 0. The zero-order valence-corrected chi connectivity index (χ0v) is 15.7. The highest BCUT2D eigenvalue weighted by Crippen LogP contribution is 2.34. The van der Waals surface area contributed by atoms with Gasteiger partial charge >= 0.3 is 6.18 Å². The average Bonchev–Trinajstić information content (AvgIpc) is 2.65. The molecule has 2 aromatic carbocycles. The molecule has 28 heavy (non-hydrogen) atoms. The topological polar surface area (TPSA) is 47.6 Å². The molecule has 1 amide bonds. The number of carbonyl (C=O) groups is 1. The Morgan fingerprint density at radius 3 is 2.46 bits per heavy atom. The Balaban J connectivity index is 1.73. The molecule has 150 valence electrons. The van der Waals surface area contributed by atoms with Gasteiger partial charge in [-0.15, -0.1) is 0 Å². The second-order valence-corrected chi connectivity index (χ2v) is 7.07. The van der Waals surface area contributed by atoms with Crippen molar-refractivity contribution in [3.05, 3.63) is 59.2 Å². The molecule has 1 atom stereocenters. The summed E-state index contributed by atoms with van der Waals surface area (Å²) in [6, 6.07) is 10.0. The molecule has 3 rings (SSSR count). The van der Waals surface area contributed by atoms with E-state index < -0.39 is 11.7 Å². The summed E-state index contributed by atoms with van der Waals surface area (Å²) in [4.78, 5) is 12.5. The van der Waals surface area contributed by atoms with Crippen molar-refractivity contribution in [1.82, 2.24) is 5.32 Å². The van der Waals surface area contributed by atoms with Gasteiger partial charge in [-0.1, -0.05) is 38.1 Å². The summed E-state index contributed by atoms with van der Waals surface area (Å²) in [5.74, 6) is 1.02. The van der Waals surface area contributed by atoms with E-state index in [9.17, 15) is 18.0 Å². The lowest BCUT2D eigenvalue weighted by atomic mass is 9.95. The lowest BCUT2D eigenvalue weighted by molar-refractivity contribution is -0.137. The van der Waals surface area contributed by atoms with E-state index in [4.69, 9.17) is 9.47 Å². The Morgan fingerprint density at radius 2 is 1.79 bits per heavy atom. The highest BCUT2D eigenvalue weighted by Gasteiger charge is 2.30. The van der Waals surface area contributed by atoms with Crippen LogP contribution in [0.5, 0.6) is 11.5 Å². The number of benzene rings is 2. The number of alkyl halides is 3. The van der Waals surface area contributed by atoms with Crippen LogP contribution < -0.4 is 14.8 Å². The third kappa shape index (κ3) is 4.77. The largest absolute Gasteiger partial charge is 0.486 e. The smallest absolute Gasteiger partial charge is 0.416 e. The Bertz CT molecular complexity index is 849. The van der Waals surface area contributed by atoms with Crippen LogP contribution in [0.4, 0.5) is 13.2 Å². The van der Waals surface area contributed by atoms with Crippen LogP contribution in [0.25, 0.3) is 0 Å². The van der Waals surface area contributed by atoms with E-state index in [1.165, 1.54) is 12.1 Å². The fourth-order valence-electron chi connectivity index (χ4n) is 3.16. The lowest BCUT2D eigenvalue weighted by Gasteiger charge is -2.25. The molecular weight excluding hydrogens is 371 g/mol. The van der Waals surface area contributed by atoms with Crippen LogP contribution in [0.1, 0.15) is 36.6 Å². The number of carbonyl (C=O) groups excluding carboxylic acids is 1. The lowest BCUT2D eigenvalue weighted by Crippen LogP contribution is -2.33. The van der Waals surface area contributed by atoms with E-state index in [2.05, 4.69) is 5.32 Å². The van der Waals surface area contributed by atoms with Crippen molar-refractivity contribution in [1.29, 1.82) is 0 Å². The minimum absolute atomic E-state index is 0.0769. The average molecular weight is 393 g/mol. The van der Waals surface area contributed by atoms with E-state index in [1.54, 1.807) is 6.07 Å². The molecule has 0 saturated carbocycles. The molecule has 0 radical (unpaired) electrons. The van der Waals surface area contributed by atoms with Crippen LogP contribution in [-0.4, -0.2) is 19.1 Å². The molecule has 0 fully saturated rings. The minimum Gasteiger partial charge on any atom is -0.486 e. The van der Waals surface area contributed by atoms with Gasteiger partial charge in [0.2, 0.25) is 5.91 Å². The summed E-state index contributed by atoms with van der Waals surface area (Å²) in [5.41, 5.74) is 0.415. The van der Waals surface area contributed by atoms with Crippen molar-refractivity contribution in [3.8, 4) is 11.5 Å². The maximum absolute atomic E-state index is 12.9. The quantitative estimate of drug-likeness (QED) is 0.812. The summed E-state index contributed by atoms with van der Waals surface area (Å²) in [6.45, 7) is 4.89. The third-order valence-electron chi connectivity index (χ3n) is 4.53. The zero-order chi connectivity index (χ0) is 20.3. The van der Waals surface area contributed by atoms with Gasteiger partial charge in [0, 0.05) is 0 Å². The Morgan fingerprint density at radius 1 is 1.07 bits per heavy atom. The van der Waals surface area contributed by atoms with Gasteiger partial charge in [0.1, 0.15) is 13.2 Å². The van der Waals surface area contributed by atoms with Crippen LogP contribution >= 0.6 is 0 Å². The fraction of sp³-hybridized carbons (Fsp3) is 0.381. The van der Waals surface area contributed by atoms with Gasteiger partial charge in [-0.2, -0.15) is 13.2 Å². The number of rotatable bonds is 5. The van der Waals surface area contributed by atoms with Gasteiger partial charge in [0.05, 0.1) is 18.0 Å². The Labute approximate surface area is 161 Å². The molecule has 7 heteroatoms. The molecular formula is C21H22F3NO3. The van der Waals surface area contributed by atoms with Crippen LogP contribution in [0, 0.1) is 5.92 Å². The molecule has 0 aliphatic carbocycles. The zero-order valence-electron chi connectivity index (χ0n) is 15.7. The molecule has 0 aromatic heterocycles. The number of amides is 1. The van der Waals surface area contributed by atoms with Gasteiger partial charge in [0.25, 0.3) is 0 Å². The maximum atomic E-state index is 12.9. The SMILES string of the molecule is CC(C)[C@H](NC(=O)Cc1cccc(C(F)(F)F)c1)c1ccc2c(c1)OCCO2. The molecule has 0 spiro atoms. The number of fused-ring (bicyclic) bond motifs is 1. The molecule has 1 heterocycles. The van der Waals surface area contributed by atoms with Crippen LogP contribution in [0.15, 0.2) is 42.5 Å². The van der Waals surface area contributed by atoms with E-state index in [-0.39, 0.29) is 24.3 Å². The summed E-state index contributed by atoms with van der Waals surface area (Å²) in [5, 5.41) is 2.93. The van der Waals surface area contributed by atoms with Crippen molar-refractivity contribution in [2.45, 2.75) is 32.5 Å². The van der Waals surface area contributed by atoms with Crippen LogP contribution in [-0.2, 0) is 17.4 Å². The first-order valence-electron chi connectivity index (χ1n) is 9.09. The standard InChI is InChI=1S/C21H22F3NO3/c1-13(2)20(15-6-7-17-18(12-15)28-9-8-27-17)25-19(26)11-14-4-3-5-16(10-14)21(22,23)24/h3-7,10,12-13,20H,8-9,11H2,1-2H3,(H,25,26)/t20-/m0/s1. The number of halogens is 3. The normalized spacial score (nSPS) is 14.6. The van der Waals surface area contributed by atoms with Gasteiger partial charge in [-0.3, -0.25) is 4.79 Å². The first kappa shape index (κ1) is 20.0. The van der Waals surface area contributed by atoms with Crippen molar-refractivity contribution < 1.29 is 27.4 Å². The summed E-state index contributed by atoms with van der Waals surface area (Å²) < 4.78 is 49.7. The van der Waals surface area contributed by atoms with Gasteiger partial charge in [0.15, 0.2) is 11.5 Å². The minimum atomic E-state index is -4.43. The van der Waals surface area contributed by atoms with Crippen molar-refractivity contribution in [2.75, 3.05) is 13.2 Å². The molecule has 2 aromatic rings. The van der Waals surface area contributed by atoms with E-state index in [1.807, 2.05) is 26.0 Å². The van der Waals surface area contributed by atoms with E-state index >= 15 is 0 Å². The second kappa shape index (κ2) is 8.12. The number of hydrogen-bond acceptors (Lipinski definition) is 3. The van der Waals surface area contributed by atoms with Crippen LogP contribution in [0.3, 0.4) is 0 Å². The molecule has 0 saturated heterocycles. The fourth-order valence-corrected chi connectivity index (χ4v) is 3.16. The van der Waals surface area contributed by atoms with Crippen molar-refractivity contribution >= 4 is 5.91 Å². The predicted molar refractivity (Wildman–Crippen MR) is 98.3 cm³/mol. The highest BCUT2D eigenvalue weighted by atomic mass is 19.4. The first-order valence-corrected chi connectivity index (χ1v) is 9.09. The van der Waals surface area contributed by atoms with Gasteiger partial charge < -0.3 is 14.8 Å². The maximum Gasteiger partial charge on any atom is 0.416 e. The van der Waals surface area contributed by atoms with Crippen molar-refractivity contribution in [2.24, 2.45) is 5.92 Å². The van der Waals surface area contributed by atoms with Crippen molar-refractivity contribution in [3.63, 3.8) is 0 Å². The third-order valence-corrected chi connectivity index (χ3v) is 4.53. The van der Waals surface area contributed by atoms with E-state index in [0.29, 0.717) is 30.3 Å². The predicted octanol–water partition coefficient (Wildman–Crippen LogP) is 4.53. The first-order chi connectivity index (χ1) is 13.2. The Kier molecular flexibility index (Phi) is 5.82. The summed E-state index contributed by atoms with van der Waals surface area (Å²) in [6.07, 6.45) is -4.56. The van der Waals surface area contributed by atoms with E-state index in [0.717, 1.165) is 17.7 Å². The molecule has 0 unspecified atom stereocenters. The molecule has 1 N–H and O–H groups in total. The van der Waals surface area contributed by atoms with Gasteiger partial charge in [-0.25, -0.2) is 0 Å². The molecule has 1 aliphatic rings. The molecule has 1 aliphatic heterocycles. The molecule has 4 nitrogen and oxygen atoms in total. The number of ether oxygens (including phenoxy) is 2.